The van der Waals surface area contributed by atoms with Gasteiger partial charge in [-0.1, -0.05) is 34.7 Å². The fourth-order valence-electron chi connectivity index (χ4n) is 1.91. The Hall–Kier alpha value is -1.42. The van der Waals surface area contributed by atoms with E-state index in [2.05, 4.69) is 4.98 Å². The summed E-state index contributed by atoms with van der Waals surface area (Å²) in [4.78, 5) is 15.1. The van der Waals surface area contributed by atoms with Crippen molar-refractivity contribution in [3.8, 4) is 11.3 Å². The summed E-state index contributed by atoms with van der Waals surface area (Å²) in [5.41, 5.74) is 5.37. The van der Waals surface area contributed by atoms with Crippen LogP contribution in [0.1, 0.15) is 16.1 Å². The predicted molar refractivity (Wildman–Crippen MR) is 90.5 cm³/mol. The summed E-state index contributed by atoms with van der Waals surface area (Å²) in [5, 5.41) is 9.19. The Morgan fingerprint density at radius 2 is 2.14 bits per heavy atom. The van der Waals surface area contributed by atoms with E-state index in [0.717, 1.165) is 17.8 Å². The Balaban J connectivity index is 2.70. The lowest BCUT2D eigenvalue weighted by molar-refractivity contribution is 0.0686. The molecule has 0 aliphatic carbocycles. The molecule has 0 spiro atoms. The summed E-state index contributed by atoms with van der Waals surface area (Å²) in [6.45, 7) is 0. The number of nitrogen functional groups attached to an aromatic ring is 1. The molecule has 0 saturated heterocycles. The van der Waals surface area contributed by atoms with Crippen LogP contribution in [0.15, 0.2) is 23.1 Å². The highest BCUT2D eigenvalue weighted by Gasteiger charge is 2.22. The molecule has 1 aromatic carbocycles. The van der Waals surface area contributed by atoms with E-state index in [1.165, 1.54) is 12.1 Å². The number of pyridine rings is 1. The van der Waals surface area contributed by atoms with Crippen LogP contribution in [-0.2, 0) is 4.43 Å². The Morgan fingerprint density at radius 3 is 2.64 bits per heavy atom. The van der Waals surface area contributed by atoms with E-state index in [9.17, 15) is 18.7 Å². The van der Waals surface area contributed by atoms with Gasteiger partial charge in [-0.25, -0.2) is 18.6 Å². The second-order valence-corrected chi connectivity index (χ2v) is 5.89. The van der Waals surface area contributed by atoms with Crippen LogP contribution in [0.25, 0.3) is 11.3 Å². The third-order valence-electron chi connectivity index (χ3n) is 3.00. The predicted octanol–water partition coefficient (Wildman–Crippen LogP) is 3.96. The summed E-state index contributed by atoms with van der Waals surface area (Å²) in [6, 6.07) is 4.13. The summed E-state index contributed by atoms with van der Waals surface area (Å²) < 4.78 is 28.7. The van der Waals surface area contributed by atoms with Gasteiger partial charge in [0.25, 0.3) is 0 Å². The zero-order chi connectivity index (χ0) is 16.4. The fourth-order valence-corrected chi connectivity index (χ4v) is 3.17. The molecule has 2 rings (SSSR count). The van der Waals surface area contributed by atoms with Crippen molar-refractivity contribution >= 4 is 46.0 Å². The Bertz CT molecular complexity index is 756. The van der Waals surface area contributed by atoms with Gasteiger partial charge in [0.15, 0.2) is 11.5 Å². The largest absolute Gasteiger partial charge is 0.476 e. The number of aromatic carboxylic acids is 1. The van der Waals surface area contributed by atoms with Crippen molar-refractivity contribution in [2.75, 3.05) is 12.0 Å². The standard InChI is InChI=1S/C14H11F2IN2O2S/c1-22-13-10(18)9(16)11(19-12(13)14(20)21)6-2-3-7(5-17)8(15)4-6/h2-4H,5H2,1H3,(H2,18,19)(H,20,21). The molecule has 0 atom stereocenters. The van der Waals surface area contributed by atoms with Gasteiger partial charge in [-0.3, -0.25) is 0 Å². The number of nitrogens with zero attached hydrogens (tertiary/aromatic N) is 1. The summed E-state index contributed by atoms with van der Waals surface area (Å²) in [6.07, 6.45) is 1.58. The number of benzene rings is 1. The molecule has 0 fully saturated rings. The number of hydrogen-bond donors (Lipinski definition) is 2. The van der Waals surface area contributed by atoms with E-state index in [4.69, 9.17) is 5.73 Å². The third kappa shape index (κ3) is 3.02. The van der Waals surface area contributed by atoms with E-state index in [0.29, 0.717) is 9.99 Å². The molecule has 0 bridgehead atoms. The molecule has 3 N–H and O–H groups in total. The monoisotopic (exact) mass is 436 g/mol. The lowest BCUT2D eigenvalue weighted by Crippen LogP contribution is -2.09. The van der Waals surface area contributed by atoms with Gasteiger partial charge in [-0.15, -0.1) is 11.8 Å². The molecule has 0 saturated carbocycles. The summed E-state index contributed by atoms with van der Waals surface area (Å²) >= 11 is 3.00. The Morgan fingerprint density at radius 1 is 1.45 bits per heavy atom. The molecule has 8 heteroatoms. The first kappa shape index (κ1) is 16.9. The van der Waals surface area contributed by atoms with Crippen LogP contribution in [0.2, 0.25) is 0 Å². The minimum Gasteiger partial charge on any atom is -0.476 e. The summed E-state index contributed by atoms with van der Waals surface area (Å²) in [5.74, 6) is -2.67. The topological polar surface area (TPSA) is 76.2 Å². The molecule has 22 heavy (non-hydrogen) atoms. The lowest BCUT2D eigenvalue weighted by Gasteiger charge is -2.12. The van der Waals surface area contributed by atoms with Gasteiger partial charge < -0.3 is 10.8 Å². The SMILES string of the molecule is CSc1c(C(=O)O)nc(-c2ccc(CI)c(F)c2)c(F)c1N. The van der Waals surface area contributed by atoms with Crippen molar-refractivity contribution in [3.63, 3.8) is 0 Å². The van der Waals surface area contributed by atoms with Gasteiger partial charge in [0.05, 0.1) is 10.6 Å². The van der Waals surface area contributed by atoms with E-state index in [1.807, 2.05) is 22.6 Å². The van der Waals surface area contributed by atoms with E-state index >= 15 is 0 Å². The van der Waals surface area contributed by atoms with Crippen molar-refractivity contribution in [2.45, 2.75) is 9.32 Å². The normalized spacial score (nSPS) is 10.7. The van der Waals surface area contributed by atoms with Gasteiger partial charge >= 0.3 is 5.97 Å². The zero-order valence-electron chi connectivity index (χ0n) is 11.4. The van der Waals surface area contributed by atoms with Gasteiger partial charge in [0.1, 0.15) is 11.5 Å². The molecular weight excluding hydrogens is 425 g/mol. The molecule has 0 unspecified atom stereocenters. The number of nitrogens with two attached hydrogens (primary N) is 1. The maximum atomic E-state index is 14.4. The first-order valence-corrected chi connectivity index (χ1v) is 8.76. The Labute approximate surface area is 143 Å². The first-order valence-electron chi connectivity index (χ1n) is 6.01. The summed E-state index contributed by atoms with van der Waals surface area (Å²) in [7, 11) is 0. The molecule has 2 aromatic rings. The van der Waals surface area contributed by atoms with E-state index < -0.39 is 17.6 Å². The van der Waals surface area contributed by atoms with Crippen LogP contribution >= 0.6 is 34.4 Å². The lowest BCUT2D eigenvalue weighted by atomic mass is 10.1. The van der Waals surface area contributed by atoms with Crippen molar-refractivity contribution in [1.29, 1.82) is 0 Å². The quantitative estimate of drug-likeness (QED) is 0.431. The van der Waals surface area contributed by atoms with Crippen molar-refractivity contribution in [3.05, 3.63) is 41.1 Å². The maximum absolute atomic E-state index is 14.4. The van der Waals surface area contributed by atoms with Gasteiger partial charge in [-0.05, 0) is 17.9 Å². The van der Waals surface area contributed by atoms with Crippen LogP contribution in [0, 0.1) is 11.6 Å². The molecule has 0 radical (unpaired) electrons. The van der Waals surface area contributed by atoms with Gasteiger partial charge in [-0.2, -0.15) is 0 Å². The number of rotatable bonds is 4. The maximum Gasteiger partial charge on any atom is 0.355 e. The minimum absolute atomic E-state index is 0.0538. The second kappa shape index (κ2) is 6.78. The Kier molecular flexibility index (Phi) is 5.22. The number of halogens is 3. The first-order chi connectivity index (χ1) is 10.4. The number of anilines is 1. The van der Waals surface area contributed by atoms with Crippen molar-refractivity contribution < 1.29 is 18.7 Å². The van der Waals surface area contributed by atoms with Crippen LogP contribution in [0.5, 0.6) is 0 Å². The highest BCUT2D eigenvalue weighted by Crippen LogP contribution is 2.34. The number of carboxylic acid groups (broad SMARTS) is 1. The third-order valence-corrected chi connectivity index (χ3v) is 4.65. The number of hydrogen-bond acceptors (Lipinski definition) is 4. The molecule has 1 heterocycles. The number of carbonyl (C=O) groups is 1. The molecule has 4 nitrogen and oxygen atoms in total. The zero-order valence-corrected chi connectivity index (χ0v) is 14.3. The second-order valence-electron chi connectivity index (χ2n) is 4.31. The van der Waals surface area contributed by atoms with Crippen molar-refractivity contribution in [2.24, 2.45) is 0 Å². The average molecular weight is 436 g/mol. The van der Waals surface area contributed by atoms with Crippen LogP contribution in [-0.4, -0.2) is 22.3 Å². The molecule has 0 aliphatic heterocycles. The van der Waals surface area contributed by atoms with Gasteiger partial charge in [0.2, 0.25) is 0 Å². The highest BCUT2D eigenvalue weighted by molar-refractivity contribution is 14.1. The highest BCUT2D eigenvalue weighted by atomic mass is 127. The van der Waals surface area contributed by atoms with E-state index in [-0.39, 0.29) is 27.5 Å². The van der Waals surface area contributed by atoms with Crippen molar-refractivity contribution in [1.82, 2.24) is 4.98 Å². The van der Waals surface area contributed by atoms with Gasteiger partial charge in [0, 0.05) is 9.99 Å². The molecule has 0 aliphatic rings. The smallest absolute Gasteiger partial charge is 0.355 e. The average Bonchev–Trinajstić information content (AvgIpc) is 2.49. The molecule has 1 aromatic heterocycles. The molecule has 0 amide bonds. The van der Waals surface area contributed by atoms with Crippen LogP contribution in [0.3, 0.4) is 0 Å². The minimum atomic E-state index is -1.32. The number of aromatic nitrogens is 1. The fraction of sp³-hybridized carbons (Fsp3) is 0.143. The molecular formula is C14H11F2IN2O2S. The van der Waals surface area contributed by atoms with Crippen LogP contribution in [0.4, 0.5) is 14.5 Å². The molecule has 116 valence electrons. The van der Waals surface area contributed by atoms with E-state index in [1.54, 1.807) is 6.26 Å². The number of thioether (sulfide) groups is 1. The number of alkyl halides is 1. The van der Waals surface area contributed by atoms with Crippen LogP contribution < -0.4 is 5.73 Å². The number of carboxylic acids is 1.